The van der Waals surface area contributed by atoms with Gasteiger partial charge in [-0.2, -0.15) is 0 Å². The molecule has 0 aliphatic carbocycles. The van der Waals surface area contributed by atoms with E-state index in [1.54, 1.807) is 0 Å². The molecule has 11 aromatic rings. The Morgan fingerprint density at radius 3 is 1.69 bits per heavy atom. The van der Waals surface area contributed by atoms with Crippen LogP contribution in [0.4, 0.5) is 0 Å². The van der Waals surface area contributed by atoms with Crippen LogP contribution in [-0.2, 0) is 0 Å². The number of benzene rings is 8. The van der Waals surface area contributed by atoms with E-state index in [1.165, 1.54) is 64.5 Å². The number of hydrogen-bond donors (Lipinski definition) is 0. The summed E-state index contributed by atoms with van der Waals surface area (Å²) in [4.78, 5) is 15.2. The summed E-state index contributed by atoms with van der Waals surface area (Å²) in [6.07, 6.45) is 0. The van der Waals surface area contributed by atoms with Gasteiger partial charge in [0.2, 0.25) is 0 Å². The lowest BCUT2D eigenvalue weighted by molar-refractivity contribution is 1.08. The molecule has 0 aliphatic heterocycles. The number of rotatable bonds is 4. The highest BCUT2D eigenvalue weighted by atomic mass is 32.1. The number of nitrogens with zero attached hydrogens (tertiary/aromatic N) is 4. The fourth-order valence-electron chi connectivity index (χ4n) is 7.88. The van der Waals surface area contributed by atoms with Gasteiger partial charge in [0.15, 0.2) is 17.5 Å². The van der Waals surface area contributed by atoms with Crippen molar-refractivity contribution in [3.8, 4) is 39.9 Å². The van der Waals surface area contributed by atoms with Gasteiger partial charge >= 0.3 is 0 Å². The first-order chi connectivity index (χ1) is 25.8. The number of para-hydroxylation sites is 1. The van der Waals surface area contributed by atoms with Crippen LogP contribution in [0.25, 0.3) is 103 Å². The lowest BCUT2D eigenvalue weighted by Crippen LogP contribution is -2.00. The van der Waals surface area contributed by atoms with E-state index in [9.17, 15) is 0 Å². The quantitative estimate of drug-likeness (QED) is 0.174. The molecule has 11 rings (SSSR count). The number of fused-ring (bicyclic) bond motifs is 10. The van der Waals surface area contributed by atoms with Gasteiger partial charge in [-0.25, -0.2) is 15.0 Å². The molecule has 0 amide bonds. The van der Waals surface area contributed by atoms with Crippen LogP contribution in [-0.4, -0.2) is 19.5 Å². The molecular weight excluding hydrogens is 653 g/mol. The van der Waals surface area contributed by atoms with Crippen molar-refractivity contribution in [1.82, 2.24) is 19.5 Å². The van der Waals surface area contributed by atoms with Crippen molar-refractivity contribution >= 4 is 74.9 Å². The summed E-state index contributed by atoms with van der Waals surface area (Å²) in [7, 11) is 0. The fourth-order valence-corrected chi connectivity index (χ4v) is 9.23. The van der Waals surface area contributed by atoms with Gasteiger partial charge in [0, 0.05) is 48.3 Å². The predicted molar refractivity (Wildman–Crippen MR) is 218 cm³/mol. The van der Waals surface area contributed by atoms with Crippen LogP contribution in [0.1, 0.15) is 0 Å². The zero-order chi connectivity index (χ0) is 34.2. The van der Waals surface area contributed by atoms with Crippen LogP contribution < -0.4 is 0 Å². The van der Waals surface area contributed by atoms with Crippen LogP contribution >= 0.6 is 11.3 Å². The minimum absolute atomic E-state index is 0.660. The van der Waals surface area contributed by atoms with Gasteiger partial charge in [0.1, 0.15) is 0 Å². The average molecular weight is 681 g/mol. The van der Waals surface area contributed by atoms with E-state index in [2.05, 4.69) is 138 Å². The summed E-state index contributed by atoms with van der Waals surface area (Å²) in [6.45, 7) is 0. The average Bonchev–Trinajstić information content (AvgIpc) is 3.77. The van der Waals surface area contributed by atoms with E-state index in [-0.39, 0.29) is 0 Å². The molecule has 8 aromatic carbocycles. The molecule has 0 radical (unpaired) electrons. The minimum Gasteiger partial charge on any atom is -0.307 e. The molecule has 0 bridgehead atoms. The predicted octanol–water partition coefficient (Wildman–Crippen LogP) is 12.6. The number of aromatic nitrogens is 4. The zero-order valence-corrected chi connectivity index (χ0v) is 28.7. The normalized spacial score (nSPS) is 11.8. The molecule has 0 unspecified atom stereocenters. The van der Waals surface area contributed by atoms with E-state index < -0.39 is 0 Å². The molecule has 3 aromatic heterocycles. The van der Waals surface area contributed by atoms with E-state index in [0.29, 0.717) is 17.5 Å². The lowest BCUT2D eigenvalue weighted by atomic mass is 10.00. The summed E-state index contributed by atoms with van der Waals surface area (Å²) in [5.41, 5.74) is 6.52. The molecule has 0 spiro atoms. The van der Waals surface area contributed by atoms with Crippen molar-refractivity contribution in [3.05, 3.63) is 170 Å². The van der Waals surface area contributed by atoms with E-state index in [0.717, 1.165) is 21.4 Å². The van der Waals surface area contributed by atoms with Crippen LogP contribution in [0.15, 0.2) is 170 Å². The molecule has 3 heterocycles. The molecule has 5 heteroatoms. The Kier molecular flexibility index (Phi) is 6.39. The Bertz CT molecular complexity index is 3120. The number of thiophene rings is 1. The van der Waals surface area contributed by atoms with Gasteiger partial charge in [-0.15, -0.1) is 11.3 Å². The second-order valence-corrected chi connectivity index (χ2v) is 14.2. The zero-order valence-electron chi connectivity index (χ0n) is 27.9. The Balaban J connectivity index is 1.23. The molecule has 0 saturated carbocycles. The monoisotopic (exact) mass is 680 g/mol. The summed E-state index contributed by atoms with van der Waals surface area (Å²) in [6, 6.07) is 60.2. The molecule has 52 heavy (non-hydrogen) atoms. The second-order valence-electron chi connectivity index (χ2n) is 13.2. The maximum atomic E-state index is 5.12. The first kappa shape index (κ1) is 29.1. The molecule has 0 fully saturated rings. The summed E-state index contributed by atoms with van der Waals surface area (Å²) in [5, 5.41) is 9.89. The maximum absolute atomic E-state index is 5.12. The Morgan fingerprint density at radius 1 is 0.385 bits per heavy atom. The first-order valence-electron chi connectivity index (χ1n) is 17.5. The topological polar surface area (TPSA) is 43.6 Å². The summed E-state index contributed by atoms with van der Waals surface area (Å²) >= 11 is 1.83. The van der Waals surface area contributed by atoms with E-state index >= 15 is 0 Å². The van der Waals surface area contributed by atoms with Crippen LogP contribution in [0, 0.1) is 0 Å². The van der Waals surface area contributed by atoms with Crippen LogP contribution in [0.5, 0.6) is 0 Å². The van der Waals surface area contributed by atoms with Gasteiger partial charge in [0.05, 0.1) is 21.4 Å². The van der Waals surface area contributed by atoms with E-state index in [4.69, 9.17) is 15.0 Å². The van der Waals surface area contributed by atoms with Gasteiger partial charge in [-0.3, -0.25) is 0 Å². The van der Waals surface area contributed by atoms with Crippen LogP contribution in [0.3, 0.4) is 0 Å². The van der Waals surface area contributed by atoms with E-state index in [1.807, 2.05) is 47.7 Å². The molecule has 0 saturated heterocycles. The maximum Gasteiger partial charge on any atom is 0.165 e. The fraction of sp³-hybridized carbons (Fsp3) is 0. The van der Waals surface area contributed by atoms with Crippen molar-refractivity contribution in [2.24, 2.45) is 0 Å². The third-order valence-corrected chi connectivity index (χ3v) is 11.5. The molecule has 4 nitrogen and oxygen atoms in total. The molecule has 242 valence electrons. The molecular formula is C47H28N4S. The number of hydrogen-bond acceptors (Lipinski definition) is 4. The summed E-state index contributed by atoms with van der Waals surface area (Å²) < 4.78 is 4.91. The van der Waals surface area contributed by atoms with Gasteiger partial charge in [-0.05, 0) is 34.4 Å². The van der Waals surface area contributed by atoms with Crippen molar-refractivity contribution in [2.45, 2.75) is 0 Å². The third kappa shape index (κ3) is 4.36. The summed E-state index contributed by atoms with van der Waals surface area (Å²) in [5.74, 6) is 1.99. The minimum atomic E-state index is 0.660. The Labute approximate surface area is 302 Å². The highest BCUT2D eigenvalue weighted by molar-refractivity contribution is 7.27. The standard InChI is InChI=1S/C47H28N4S/c1-3-14-29(15-4-1)45-48-46(30-16-5-2-6-17-30)50-47(49-45)39-24-13-23-37-38-27-26-36-35-22-11-12-25-40(35)51(42(36)44(38)52-43(37)39)41-28-31-18-7-8-19-32(31)33-20-9-10-21-34(33)41/h1-28H. The molecule has 0 N–H and O–H groups in total. The second kappa shape index (κ2) is 11.4. The first-order valence-corrected chi connectivity index (χ1v) is 18.3. The van der Waals surface area contributed by atoms with Crippen molar-refractivity contribution in [3.63, 3.8) is 0 Å². The van der Waals surface area contributed by atoms with Gasteiger partial charge in [0.25, 0.3) is 0 Å². The highest BCUT2D eigenvalue weighted by Crippen LogP contribution is 2.46. The lowest BCUT2D eigenvalue weighted by Gasteiger charge is -2.14. The van der Waals surface area contributed by atoms with Crippen molar-refractivity contribution in [2.75, 3.05) is 0 Å². The van der Waals surface area contributed by atoms with Crippen LogP contribution in [0.2, 0.25) is 0 Å². The van der Waals surface area contributed by atoms with Crippen molar-refractivity contribution in [1.29, 1.82) is 0 Å². The highest BCUT2D eigenvalue weighted by Gasteiger charge is 2.22. The van der Waals surface area contributed by atoms with Gasteiger partial charge < -0.3 is 4.57 Å². The molecule has 0 atom stereocenters. The third-order valence-electron chi connectivity index (χ3n) is 10.2. The van der Waals surface area contributed by atoms with Crippen molar-refractivity contribution < 1.29 is 0 Å². The smallest absolute Gasteiger partial charge is 0.165 e. The largest absolute Gasteiger partial charge is 0.307 e. The Hall–Kier alpha value is -6.69. The van der Waals surface area contributed by atoms with Gasteiger partial charge in [-0.1, -0.05) is 152 Å². The SMILES string of the molecule is c1ccc(-c2nc(-c3ccccc3)nc(-c3cccc4c3sc3c4ccc4c5ccccc5n(-c5cc6ccccc6c6ccccc56)c43)n2)cc1. The molecule has 0 aliphatic rings. The Morgan fingerprint density at radius 2 is 0.942 bits per heavy atom.